The number of hydrogen-bond donors (Lipinski definition) is 2. The second-order valence-electron chi connectivity index (χ2n) is 5.04. The summed E-state index contributed by atoms with van der Waals surface area (Å²) in [7, 11) is 0. The first kappa shape index (κ1) is 15.9. The molecule has 1 atom stereocenters. The number of halogens is 1. The number of alkyl halides is 1. The standard InChI is InChI=1S/C17H16ClN3OS/c18-9-15(22)10-20-14-3-1-2-13(8-14)17-21-16(11-23-17)12-4-6-19-7-5-12/h1-8,11,15,20,22H,9-10H2. The van der Waals surface area contributed by atoms with Gasteiger partial charge in [0.25, 0.3) is 0 Å². The van der Waals surface area contributed by atoms with Gasteiger partial charge < -0.3 is 10.4 Å². The van der Waals surface area contributed by atoms with E-state index in [-0.39, 0.29) is 5.88 Å². The van der Waals surface area contributed by atoms with Crippen molar-refractivity contribution in [2.45, 2.75) is 6.10 Å². The second kappa shape index (κ2) is 7.55. The Labute approximate surface area is 143 Å². The highest BCUT2D eigenvalue weighted by atomic mass is 35.5. The molecule has 0 saturated carbocycles. The van der Waals surface area contributed by atoms with Crippen LogP contribution in [0.25, 0.3) is 21.8 Å². The van der Waals surface area contributed by atoms with E-state index in [1.54, 1.807) is 23.7 Å². The molecule has 4 nitrogen and oxygen atoms in total. The van der Waals surface area contributed by atoms with Crippen molar-refractivity contribution in [2.24, 2.45) is 0 Å². The lowest BCUT2D eigenvalue weighted by Gasteiger charge is -2.10. The molecule has 0 saturated heterocycles. The number of aliphatic hydroxyl groups excluding tert-OH is 1. The van der Waals surface area contributed by atoms with Crippen molar-refractivity contribution in [2.75, 3.05) is 17.7 Å². The molecule has 2 heterocycles. The Bertz CT molecular complexity index is 763. The third-order valence-corrected chi connectivity index (χ3v) is 4.56. The number of aliphatic hydroxyl groups is 1. The minimum Gasteiger partial charge on any atom is -0.390 e. The van der Waals surface area contributed by atoms with E-state index in [1.165, 1.54) is 0 Å². The summed E-state index contributed by atoms with van der Waals surface area (Å²) >= 11 is 7.21. The lowest BCUT2D eigenvalue weighted by atomic mass is 10.2. The summed E-state index contributed by atoms with van der Waals surface area (Å²) < 4.78 is 0. The van der Waals surface area contributed by atoms with Crippen LogP contribution in [0.3, 0.4) is 0 Å². The van der Waals surface area contributed by atoms with Crippen molar-refractivity contribution in [3.63, 3.8) is 0 Å². The first-order chi connectivity index (χ1) is 11.3. The maximum atomic E-state index is 9.53. The molecule has 3 aromatic rings. The summed E-state index contributed by atoms with van der Waals surface area (Å²) in [4.78, 5) is 8.72. The predicted molar refractivity (Wildman–Crippen MR) is 96.0 cm³/mol. The lowest BCUT2D eigenvalue weighted by molar-refractivity contribution is 0.211. The largest absolute Gasteiger partial charge is 0.390 e. The fraction of sp³-hybridized carbons (Fsp3) is 0.176. The topological polar surface area (TPSA) is 58.0 Å². The van der Waals surface area contributed by atoms with Gasteiger partial charge in [-0.2, -0.15) is 0 Å². The van der Waals surface area contributed by atoms with E-state index in [4.69, 9.17) is 16.6 Å². The van der Waals surface area contributed by atoms with Crippen LogP contribution >= 0.6 is 22.9 Å². The van der Waals surface area contributed by atoms with Crippen LogP contribution in [0.5, 0.6) is 0 Å². The van der Waals surface area contributed by atoms with Gasteiger partial charge in [0.1, 0.15) is 5.01 Å². The summed E-state index contributed by atoms with van der Waals surface area (Å²) in [6, 6.07) is 11.9. The van der Waals surface area contributed by atoms with E-state index in [9.17, 15) is 5.11 Å². The zero-order valence-corrected chi connectivity index (χ0v) is 13.9. The van der Waals surface area contributed by atoms with Crippen LogP contribution in [0.4, 0.5) is 5.69 Å². The van der Waals surface area contributed by atoms with Gasteiger partial charge in [-0.15, -0.1) is 22.9 Å². The summed E-state index contributed by atoms with van der Waals surface area (Å²) in [6.45, 7) is 0.424. The normalized spacial score (nSPS) is 12.1. The van der Waals surface area contributed by atoms with Gasteiger partial charge in [0.15, 0.2) is 0 Å². The van der Waals surface area contributed by atoms with Gasteiger partial charge in [-0.05, 0) is 24.3 Å². The zero-order chi connectivity index (χ0) is 16.1. The third-order valence-electron chi connectivity index (χ3n) is 3.31. The Hall–Kier alpha value is -1.95. The number of hydrogen-bond acceptors (Lipinski definition) is 5. The van der Waals surface area contributed by atoms with Crippen molar-refractivity contribution < 1.29 is 5.11 Å². The SMILES string of the molecule is OC(CCl)CNc1cccc(-c2nc(-c3ccncc3)cs2)c1. The van der Waals surface area contributed by atoms with Crippen LogP contribution in [0.2, 0.25) is 0 Å². The lowest BCUT2D eigenvalue weighted by Crippen LogP contribution is -2.20. The quantitative estimate of drug-likeness (QED) is 0.665. The third kappa shape index (κ3) is 4.07. The van der Waals surface area contributed by atoms with Gasteiger partial charge in [-0.25, -0.2) is 4.98 Å². The number of nitrogens with one attached hydrogen (secondary N) is 1. The molecule has 0 aliphatic carbocycles. The molecule has 1 unspecified atom stereocenters. The molecule has 118 valence electrons. The summed E-state index contributed by atoms with van der Waals surface area (Å²) in [5.41, 5.74) is 3.98. The number of thiazole rings is 1. The fourth-order valence-electron chi connectivity index (χ4n) is 2.11. The highest BCUT2D eigenvalue weighted by Crippen LogP contribution is 2.29. The van der Waals surface area contributed by atoms with Crippen molar-refractivity contribution >= 4 is 28.6 Å². The Morgan fingerprint density at radius 1 is 1.17 bits per heavy atom. The molecule has 0 bridgehead atoms. The summed E-state index contributed by atoms with van der Waals surface area (Å²) in [6.07, 6.45) is 2.97. The molecule has 0 radical (unpaired) electrons. The fourth-order valence-corrected chi connectivity index (χ4v) is 3.05. The van der Waals surface area contributed by atoms with E-state index in [0.29, 0.717) is 6.54 Å². The van der Waals surface area contributed by atoms with E-state index in [2.05, 4.69) is 10.3 Å². The van der Waals surface area contributed by atoms with Crippen LogP contribution < -0.4 is 5.32 Å². The van der Waals surface area contributed by atoms with E-state index in [0.717, 1.165) is 27.5 Å². The molecule has 0 aliphatic rings. The summed E-state index contributed by atoms with van der Waals surface area (Å²) in [5, 5.41) is 15.7. The Morgan fingerprint density at radius 2 is 2.00 bits per heavy atom. The zero-order valence-electron chi connectivity index (χ0n) is 12.3. The molecule has 1 aromatic carbocycles. The van der Waals surface area contributed by atoms with E-state index >= 15 is 0 Å². The average Bonchev–Trinajstić information content (AvgIpc) is 3.11. The molecular formula is C17H16ClN3OS. The molecule has 0 aliphatic heterocycles. The first-order valence-electron chi connectivity index (χ1n) is 7.20. The second-order valence-corrected chi connectivity index (χ2v) is 6.21. The highest BCUT2D eigenvalue weighted by molar-refractivity contribution is 7.13. The first-order valence-corrected chi connectivity index (χ1v) is 8.62. The number of rotatable bonds is 6. The minimum atomic E-state index is -0.557. The van der Waals surface area contributed by atoms with Crippen LogP contribution in [-0.4, -0.2) is 33.6 Å². The smallest absolute Gasteiger partial charge is 0.124 e. The molecule has 23 heavy (non-hydrogen) atoms. The van der Waals surface area contributed by atoms with Gasteiger partial charge in [-0.1, -0.05) is 12.1 Å². The predicted octanol–water partition coefficient (Wildman–Crippen LogP) is 3.88. The molecule has 6 heteroatoms. The number of pyridine rings is 1. The molecule has 0 fully saturated rings. The van der Waals surface area contributed by atoms with Crippen LogP contribution in [0, 0.1) is 0 Å². The van der Waals surface area contributed by atoms with Gasteiger partial charge in [0.05, 0.1) is 17.7 Å². The molecular weight excluding hydrogens is 330 g/mol. The van der Waals surface area contributed by atoms with Gasteiger partial charge in [0.2, 0.25) is 0 Å². The van der Waals surface area contributed by atoms with Crippen LogP contribution in [-0.2, 0) is 0 Å². The molecule has 0 spiro atoms. The molecule has 0 amide bonds. The van der Waals surface area contributed by atoms with Crippen molar-refractivity contribution in [3.05, 3.63) is 54.2 Å². The number of anilines is 1. The number of aromatic nitrogens is 2. The molecule has 2 aromatic heterocycles. The van der Waals surface area contributed by atoms with E-state index < -0.39 is 6.10 Å². The average molecular weight is 346 g/mol. The maximum absolute atomic E-state index is 9.53. The van der Waals surface area contributed by atoms with Gasteiger partial charge in [-0.3, -0.25) is 4.98 Å². The number of nitrogens with zero attached hydrogens (tertiary/aromatic N) is 2. The number of benzene rings is 1. The van der Waals surface area contributed by atoms with Crippen molar-refractivity contribution in [1.82, 2.24) is 9.97 Å². The van der Waals surface area contributed by atoms with Crippen LogP contribution in [0.15, 0.2) is 54.2 Å². The molecule has 2 N–H and O–H groups in total. The maximum Gasteiger partial charge on any atom is 0.124 e. The highest BCUT2D eigenvalue weighted by Gasteiger charge is 2.08. The van der Waals surface area contributed by atoms with Crippen molar-refractivity contribution in [1.29, 1.82) is 0 Å². The van der Waals surface area contributed by atoms with E-state index in [1.807, 2.05) is 41.8 Å². The van der Waals surface area contributed by atoms with Crippen LogP contribution in [0.1, 0.15) is 0 Å². The monoisotopic (exact) mass is 345 g/mol. The molecule has 3 rings (SSSR count). The Balaban J connectivity index is 1.78. The van der Waals surface area contributed by atoms with Gasteiger partial charge >= 0.3 is 0 Å². The van der Waals surface area contributed by atoms with Crippen molar-refractivity contribution in [3.8, 4) is 21.8 Å². The minimum absolute atomic E-state index is 0.217. The summed E-state index contributed by atoms with van der Waals surface area (Å²) in [5.74, 6) is 0.217. The van der Waals surface area contributed by atoms with Gasteiger partial charge in [0, 0.05) is 41.1 Å². The Morgan fingerprint density at radius 3 is 2.78 bits per heavy atom. The Kier molecular flexibility index (Phi) is 5.23.